The van der Waals surface area contributed by atoms with Crippen molar-refractivity contribution in [3.8, 4) is 0 Å². The molecular formula is C11H23N5O3. The number of hydrogen-bond acceptors (Lipinski definition) is 5. The van der Waals surface area contributed by atoms with Crippen LogP contribution in [-0.4, -0.2) is 48.5 Å². The summed E-state index contributed by atoms with van der Waals surface area (Å²) in [7, 11) is 1.53. The Kier molecular flexibility index (Phi) is 8.47. The molecule has 0 rings (SSSR count). The number of hydrogen-bond donors (Lipinski definition) is 6. The van der Waals surface area contributed by atoms with Crippen LogP contribution in [0.4, 0.5) is 0 Å². The number of aliphatic hydroxyl groups is 1. The Balaban J connectivity index is 4.22. The van der Waals surface area contributed by atoms with Crippen LogP contribution in [0, 0.1) is 5.41 Å². The molecule has 0 fully saturated rings. The first-order valence-corrected chi connectivity index (χ1v) is 6.13. The molecule has 0 aliphatic carbocycles. The summed E-state index contributed by atoms with van der Waals surface area (Å²) in [6, 6.07) is -1.54. The number of unbranched alkanes of at least 4 members (excludes halogenated alkanes) is 1. The highest BCUT2D eigenvalue weighted by atomic mass is 16.3. The van der Waals surface area contributed by atoms with Crippen molar-refractivity contribution in [3.05, 3.63) is 0 Å². The molecule has 0 aliphatic heterocycles. The molecule has 0 aromatic rings. The van der Waals surface area contributed by atoms with Crippen LogP contribution < -0.4 is 22.1 Å². The average molecular weight is 273 g/mol. The second-order valence-corrected chi connectivity index (χ2v) is 4.26. The number of carbonyl (C=O) groups excluding carboxylic acids is 2. The predicted octanol–water partition coefficient (Wildman–Crippen LogP) is -1.97. The minimum Gasteiger partial charge on any atom is -0.394 e. The van der Waals surface area contributed by atoms with Gasteiger partial charge >= 0.3 is 0 Å². The molecule has 19 heavy (non-hydrogen) atoms. The zero-order valence-electron chi connectivity index (χ0n) is 11.1. The van der Waals surface area contributed by atoms with Gasteiger partial charge in [-0.3, -0.25) is 15.0 Å². The van der Waals surface area contributed by atoms with Crippen molar-refractivity contribution in [3.63, 3.8) is 0 Å². The number of amides is 2. The van der Waals surface area contributed by atoms with Crippen LogP contribution in [0.3, 0.4) is 0 Å². The Hall–Kier alpha value is -1.67. The normalized spacial score (nSPS) is 13.6. The van der Waals surface area contributed by atoms with Gasteiger partial charge in [-0.2, -0.15) is 0 Å². The quantitative estimate of drug-likeness (QED) is 0.155. The fourth-order valence-corrected chi connectivity index (χ4v) is 1.53. The maximum atomic E-state index is 11.7. The fourth-order valence-electron chi connectivity index (χ4n) is 1.53. The van der Waals surface area contributed by atoms with E-state index in [9.17, 15) is 9.59 Å². The molecule has 0 heterocycles. The van der Waals surface area contributed by atoms with E-state index in [1.807, 2.05) is 0 Å². The van der Waals surface area contributed by atoms with E-state index in [0.29, 0.717) is 25.7 Å². The third-order valence-electron chi connectivity index (χ3n) is 2.70. The van der Waals surface area contributed by atoms with Gasteiger partial charge in [0.2, 0.25) is 11.8 Å². The second kappa shape index (κ2) is 9.29. The lowest BCUT2D eigenvalue weighted by molar-refractivity contribution is -0.129. The van der Waals surface area contributed by atoms with Crippen molar-refractivity contribution in [2.75, 3.05) is 13.7 Å². The number of aliphatic hydroxyl groups excluding tert-OH is 1. The molecule has 8 N–H and O–H groups in total. The molecule has 0 saturated heterocycles. The van der Waals surface area contributed by atoms with Crippen LogP contribution in [0.2, 0.25) is 0 Å². The van der Waals surface area contributed by atoms with E-state index < -0.39 is 23.9 Å². The summed E-state index contributed by atoms with van der Waals surface area (Å²) < 4.78 is 0. The van der Waals surface area contributed by atoms with Gasteiger partial charge in [0.05, 0.1) is 12.4 Å². The van der Waals surface area contributed by atoms with E-state index in [2.05, 4.69) is 10.6 Å². The van der Waals surface area contributed by atoms with Gasteiger partial charge in [-0.25, -0.2) is 0 Å². The van der Waals surface area contributed by atoms with Crippen LogP contribution in [-0.2, 0) is 9.59 Å². The minimum atomic E-state index is -0.776. The highest BCUT2D eigenvalue weighted by Crippen LogP contribution is 2.04. The van der Waals surface area contributed by atoms with Crippen molar-refractivity contribution in [1.82, 2.24) is 10.6 Å². The average Bonchev–Trinajstić information content (AvgIpc) is 2.33. The maximum absolute atomic E-state index is 11.7. The van der Waals surface area contributed by atoms with Crippen molar-refractivity contribution in [2.45, 2.75) is 37.8 Å². The van der Waals surface area contributed by atoms with Crippen LogP contribution >= 0.6 is 0 Å². The summed E-state index contributed by atoms with van der Waals surface area (Å²) in [6.07, 6.45) is 2.12. The van der Waals surface area contributed by atoms with Crippen LogP contribution in [0.1, 0.15) is 25.7 Å². The van der Waals surface area contributed by atoms with E-state index >= 15 is 0 Å². The first kappa shape index (κ1) is 17.3. The second-order valence-electron chi connectivity index (χ2n) is 4.26. The highest BCUT2D eigenvalue weighted by molar-refractivity contribution is 5.89. The first-order chi connectivity index (χ1) is 8.92. The minimum absolute atomic E-state index is 0.0928. The molecule has 0 bridgehead atoms. The van der Waals surface area contributed by atoms with Crippen LogP contribution in [0.25, 0.3) is 0 Å². The van der Waals surface area contributed by atoms with Gasteiger partial charge in [-0.1, -0.05) is 6.42 Å². The van der Waals surface area contributed by atoms with Gasteiger partial charge in [0.25, 0.3) is 0 Å². The number of carbonyl (C=O) groups is 2. The van der Waals surface area contributed by atoms with E-state index in [4.69, 9.17) is 22.0 Å². The summed E-state index contributed by atoms with van der Waals surface area (Å²) in [6.45, 7) is -0.363. The zero-order chi connectivity index (χ0) is 14.8. The summed E-state index contributed by atoms with van der Waals surface area (Å²) >= 11 is 0. The molecule has 0 spiro atoms. The van der Waals surface area contributed by atoms with Crippen molar-refractivity contribution in [1.29, 1.82) is 5.41 Å². The Labute approximate surface area is 112 Å². The molecule has 0 aliphatic rings. The van der Waals surface area contributed by atoms with Gasteiger partial charge in [-0.15, -0.1) is 0 Å². The first-order valence-electron chi connectivity index (χ1n) is 6.13. The van der Waals surface area contributed by atoms with Gasteiger partial charge in [-0.05, 0) is 19.9 Å². The van der Waals surface area contributed by atoms with Gasteiger partial charge in [0.1, 0.15) is 12.1 Å². The SMILES string of the molecule is CN[C@@H](CO)C(=O)NC(CCCCC(=N)N)C(N)=O. The summed E-state index contributed by atoms with van der Waals surface area (Å²) in [5, 5.41) is 21.1. The summed E-state index contributed by atoms with van der Waals surface area (Å²) in [4.78, 5) is 22.9. The van der Waals surface area contributed by atoms with Crippen LogP contribution in [0.15, 0.2) is 0 Å². The third-order valence-corrected chi connectivity index (χ3v) is 2.70. The lowest BCUT2D eigenvalue weighted by Crippen LogP contribution is -2.52. The largest absolute Gasteiger partial charge is 0.394 e. The van der Waals surface area contributed by atoms with Crippen molar-refractivity contribution in [2.24, 2.45) is 11.5 Å². The molecule has 0 radical (unpaired) electrons. The van der Waals surface area contributed by atoms with Crippen molar-refractivity contribution < 1.29 is 14.7 Å². The topological polar surface area (TPSA) is 154 Å². The number of primary amides is 1. The molecule has 1 unspecified atom stereocenters. The van der Waals surface area contributed by atoms with Gasteiger partial charge in [0.15, 0.2) is 0 Å². The number of nitrogens with two attached hydrogens (primary N) is 2. The molecule has 0 aromatic heterocycles. The standard InChI is InChI=1S/C11H23N5O3/c1-15-8(6-17)11(19)16-7(10(14)18)4-2-3-5-9(12)13/h7-8,15,17H,2-6H2,1H3,(H3,12,13)(H2,14,18)(H,16,19)/t7?,8-/m0/s1. The van der Waals surface area contributed by atoms with Crippen molar-refractivity contribution >= 4 is 17.6 Å². The highest BCUT2D eigenvalue weighted by Gasteiger charge is 2.22. The number of likely N-dealkylation sites (N-methyl/N-ethyl adjacent to an activating group) is 1. The van der Waals surface area contributed by atoms with Gasteiger partial charge < -0.3 is 27.2 Å². The molecule has 0 saturated carbocycles. The third kappa shape index (κ3) is 7.37. The molecule has 110 valence electrons. The molecule has 2 amide bonds. The smallest absolute Gasteiger partial charge is 0.240 e. The Morgan fingerprint density at radius 2 is 1.89 bits per heavy atom. The van der Waals surface area contributed by atoms with E-state index in [-0.39, 0.29) is 12.4 Å². The Morgan fingerprint density at radius 3 is 2.32 bits per heavy atom. The number of amidine groups is 1. The number of rotatable bonds is 10. The van der Waals surface area contributed by atoms with E-state index in [1.165, 1.54) is 7.05 Å². The monoisotopic (exact) mass is 273 g/mol. The molecule has 8 heteroatoms. The Bertz CT molecular complexity index is 317. The fraction of sp³-hybridized carbons (Fsp3) is 0.727. The molecule has 2 atom stereocenters. The number of nitrogens with one attached hydrogen (secondary N) is 3. The lowest BCUT2D eigenvalue weighted by Gasteiger charge is -2.19. The van der Waals surface area contributed by atoms with E-state index in [0.717, 1.165) is 0 Å². The molecular weight excluding hydrogens is 250 g/mol. The molecule has 8 nitrogen and oxygen atoms in total. The lowest BCUT2D eigenvalue weighted by atomic mass is 10.1. The predicted molar refractivity (Wildman–Crippen MR) is 71.4 cm³/mol. The van der Waals surface area contributed by atoms with Crippen LogP contribution in [0.5, 0.6) is 0 Å². The zero-order valence-corrected chi connectivity index (χ0v) is 11.1. The van der Waals surface area contributed by atoms with E-state index in [1.54, 1.807) is 0 Å². The molecule has 0 aromatic carbocycles. The summed E-state index contributed by atoms with van der Waals surface area (Å²) in [5.41, 5.74) is 10.4. The maximum Gasteiger partial charge on any atom is 0.240 e. The Morgan fingerprint density at radius 1 is 1.26 bits per heavy atom. The summed E-state index contributed by atoms with van der Waals surface area (Å²) in [5.74, 6) is -1.00. The van der Waals surface area contributed by atoms with Gasteiger partial charge in [0, 0.05) is 6.42 Å².